The molecule has 0 aromatic heterocycles. The van der Waals surface area contributed by atoms with Crippen LogP contribution in [0.1, 0.15) is 13.3 Å². The molecule has 0 saturated carbocycles. The van der Waals surface area contributed by atoms with Crippen LogP contribution in [-0.2, 0) is 0 Å². The van der Waals surface area contributed by atoms with Crippen LogP contribution < -0.4 is 0 Å². The Labute approximate surface area is 56.9 Å². The summed E-state index contributed by atoms with van der Waals surface area (Å²) in [7, 11) is 0. The predicted octanol–water partition coefficient (Wildman–Crippen LogP) is 2.85. The first kappa shape index (κ1) is 8.00. The summed E-state index contributed by atoms with van der Waals surface area (Å²) in [6, 6.07) is 0. The molecule has 0 fully saturated rings. The molecule has 0 nitrogen and oxygen atoms in total. The van der Waals surface area contributed by atoms with Crippen LogP contribution in [-0.4, -0.2) is 0 Å². The Kier molecular flexibility index (Phi) is 6.22. The second kappa shape index (κ2) is 7.00. The summed E-state index contributed by atoms with van der Waals surface area (Å²) in [5.41, 5.74) is 2.66. The van der Waals surface area contributed by atoms with Gasteiger partial charge in [0.1, 0.15) is 0 Å². The van der Waals surface area contributed by atoms with Gasteiger partial charge in [-0.25, -0.2) is 0 Å². The minimum absolute atomic E-state index is 0.995. The van der Waals surface area contributed by atoms with Crippen LogP contribution in [0.15, 0.2) is 42.7 Å². The maximum Gasteiger partial charge on any atom is -0.0166 e. The topological polar surface area (TPSA) is 0 Å². The predicted molar refractivity (Wildman–Crippen MR) is 42.3 cm³/mol. The van der Waals surface area contributed by atoms with Crippen molar-refractivity contribution < 1.29 is 0 Å². The third-order valence-corrected chi connectivity index (χ3v) is 0.858. The molecule has 48 valence electrons. The summed E-state index contributed by atoms with van der Waals surface area (Å²) in [5, 5.41) is 0. The smallest absolute Gasteiger partial charge is 0.0166 e. The molecule has 0 rings (SSSR count). The van der Waals surface area contributed by atoms with Gasteiger partial charge in [0.05, 0.1) is 0 Å². The van der Waals surface area contributed by atoms with Gasteiger partial charge in [-0.05, 0) is 19.4 Å². The number of allylic oxidation sites excluding steroid dienone is 5. The van der Waals surface area contributed by atoms with E-state index in [1.165, 1.54) is 0 Å². The zero-order chi connectivity index (χ0) is 6.95. The zero-order valence-electron chi connectivity index (χ0n) is 5.80. The monoisotopic (exact) mass is 120 g/mol. The van der Waals surface area contributed by atoms with Gasteiger partial charge < -0.3 is 0 Å². The molecule has 0 saturated heterocycles. The van der Waals surface area contributed by atoms with E-state index in [2.05, 4.69) is 24.5 Å². The highest BCUT2D eigenvalue weighted by atomic mass is 13.7. The second-order valence-corrected chi connectivity index (χ2v) is 1.60. The Morgan fingerprint density at radius 2 is 2.22 bits per heavy atom. The van der Waals surface area contributed by atoms with Gasteiger partial charge in [-0.3, -0.25) is 0 Å². The van der Waals surface area contributed by atoms with Crippen molar-refractivity contribution in [3.63, 3.8) is 0 Å². The van der Waals surface area contributed by atoms with Gasteiger partial charge >= 0.3 is 0 Å². The van der Waals surface area contributed by atoms with Crippen LogP contribution in [0.25, 0.3) is 0 Å². The first-order valence-electron chi connectivity index (χ1n) is 3.04. The second-order valence-electron chi connectivity index (χ2n) is 1.60. The molecule has 0 heteroatoms. The lowest BCUT2D eigenvalue weighted by molar-refractivity contribution is 1.38. The molecular formula is C9H12. The Bertz CT molecular complexity index is 143. The quantitative estimate of drug-likeness (QED) is 0.305. The maximum absolute atomic E-state index is 3.43. The van der Waals surface area contributed by atoms with E-state index in [4.69, 9.17) is 0 Å². The molecule has 0 spiro atoms. The minimum atomic E-state index is 0.995. The number of rotatable bonds is 3. The highest BCUT2D eigenvalue weighted by Crippen LogP contribution is 1.84. The van der Waals surface area contributed by atoms with E-state index in [-0.39, 0.29) is 0 Å². The van der Waals surface area contributed by atoms with Gasteiger partial charge in [0.2, 0.25) is 0 Å². The molecule has 0 radical (unpaired) electrons. The summed E-state index contributed by atoms with van der Waals surface area (Å²) in [6.07, 6.45) is 10.9. The van der Waals surface area contributed by atoms with E-state index in [0.717, 1.165) is 6.42 Å². The maximum atomic E-state index is 3.43. The van der Waals surface area contributed by atoms with Gasteiger partial charge in [0.25, 0.3) is 0 Å². The number of hydrogen-bond acceptors (Lipinski definition) is 0. The molecule has 0 unspecified atom stereocenters. The van der Waals surface area contributed by atoms with Crippen molar-refractivity contribution in [1.29, 1.82) is 0 Å². The van der Waals surface area contributed by atoms with Crippen LogP contribution in [0.5, 0.6) is 0 Å². The van der Waals surface area contributed by atoms with E-state index >= 15 is 0 Å². The lowest BCUT2D eigenvalue weighted by atomic mass is 10.3. The van der Waals surface area contributed by atoms with Crippen LogP contribution in [0.3, 0.4) is 0 Å². The van der Waals surface area contributed by atoms with E-state index in [1.54, 1.807) is 6.08 Å². The Balaban J connectivity index is 3.36. The summed E-state index contributed by atoms with van der Waals surface area (Å²) in [6.45, 7) is 5.44. The molecule has 0 atom stereocenters. The average Bonchev–Trinajstić information content (AvgIpc) is 1.89. The summed E-state index contributed by atoms with van der Waals surface area (Å²) < 4.78 is 0. The van der Waals surface area contributed by atoms with Gasteiger partial charge in [-0.1, -0.05) is 30.9 Å². The lowest BCUT2D eigenvalue weighted by Crippen LogP contribution is -1.53. The van der Waals surface area contributed by atoms with E-state index < -0.39 is 0 Å². The fourth-order valence-corrected chi connectivity index (χ4v) is 0.429. The Morgan fingerprint density at radius 1 is 1.44 bits per heavy atom. The largest absolute Gasteiger partial charge is 0.129 e. The summed E-state index contributed by atoms with van der Waals surface area (Å²) in [5.74, 6) is 0. The summed E-state index contributed by atoms with van der Waals surface area (Å²) >= 11 is 0. The van der Waals surface area contributed by atoms with Crippen LogP contribution in [0.2, 0.25) is 0 Å². The van der Waals surface area contributed by atoms with Crippen molar-refractivity contribution in [2.24, 2.45) is 0 Å². The van der Waals surface area contributed by atoms with Crippen molar-refractivity contribution in [3.8, 4) is 0 Å². The van der Waals surface area contributed by atoms with E-state index in [1.807, 2.05) is 19.1 Å². The SMILES string of the molecule is C=C=CC=CCC=CC. The molecule has 0 amide bonds. The van der Waals surface area contributed by atoms with Gasteiger partial charge in [0, 0.05) is 0 Å². The number of hydrogen-bond donors (Lipinski definition) is 0. The highest BCUT2D eigenvalue weighted by molar-refractivity contribution is 5.02. The average molecular weight is 120 g/mol. The van der Waals surface area contributed by atoms with E-state index in [0.29, 0.717) is 0 Å². The van der Waals surface area contributed by atoms with Gasteiger partial charge in [0.15, 0.2) is 0 Å². The third-order valence-electron chi connectivity index (χ3n) is 0.858. The van der Waals surface area contributed by atoms with Crippen LogP contribution >= 0.6 is 0 Å². The van der Waals surface area contributed by atoms with E-state index in [9.17, 15) is 0 Å². The van der Waals surface area contributed by atoms with Crippen molar-refractivity contribution in [2.75, 3.05) is 0 Å². The standard InChI is InChI=1S/C9H12/c1-3-5-7-9-8-6-4-2/h4-7,9H,1,8H2,2H3. The molecule has 0 aromatic carbocycles. The van der Waals surface area contributed by atoms with Crippen LogP contribution in [0, 0.1) is 0 Å². The Hall–Kier alpha value is -1.00. The van der Waals surface area contributed by atoms with Crippen LogP contribution in [0.4, 0.5) is 0 Å². The normalized spacial score (nSPS) is 10.3. The first-order valence-corrected chi connectivity index (χ1v) is 3.04. The molecule has 9 heavy (non-hydrogen) atoms. The lowest BCUT2D eigenvalue weighted by Gasteiger charge is -1.74. The van der Waals surface area contributed by atoms with Crippen molar-refractivity contribution in [1.82, 2.24) is 0 Å². The molecule has 0 bridgehead atoms. The van der Waals surface area contributed by atoms with Gasteiger partial charge in [-0.15, -0.1) is 5.73 Å². The highest BCUT2D eigenvalue weighted by Gasteiger charge is 1.63. The molecule has 0 heterocycles. The van der Waals surface area contributed by atoms with Crippen molar-refractivity contribution in [3.05, 3.63) is 42.7 Å². The van der Waals surface area contributed by atoms with Crippen molar-refractivity contribution in [2.45, 2.75) is 13.3 Å². The van der Waals surface area contributed by atoms with Crippen molar-refractivity contribution >= 4 is 0 Å². The molecule has 0 aromatic rings. The fourth-order valence-electron chi connectivity index (χ4n) is 0.429. The molecule has 0 N–H and O–H groups in total. The minimum Gasteiger partial charge on any atom is -0.129 e. The molecular weight excluding hydrogens is 108 g/mol. The summed E-state index contributed by atoms with van der Waals surface area (Å²) in [4.78, 5) is 0. The first-order chi connectivity index (χ1) is 4.41. The Morgan fingerprint density at radius 3 is 2.78 bits per heavy atom. The fraction of sp³-hybridized carbons (Fsp3) is 0.222. The molecule has 0 aliphatic heterocycles. The zero-order valence-corrected chi connectivity index (χ0v) is 5.80. The third kappa shape index (κ3) is 7.00. The molecule has 0 aliphatic rings. The van der Waals surface area contributed by atoms with Gasteiger partial charge in [-0.2, -0.15) is 0 Å². The molecule has 0 aliphatic carbocycles.